The molecule has 3 aromatic rings. The minimum atomic E-state index is -0.244. The molecule has 8 heteroatoms. The fourth-order valence-electron chi connectivity index (χ4n) is 3.05. The number of nitrogens with zero attached hydrogens (tertiary/aromatic N) is 5. The molecule has 1 aliphatic rings. The average Bonchev–Trinajstić information content (AvgIpc) is 3.23. The predicted molar refractivity (Wildman–Crippen MR) is 94.1 cm³/mol. The number of hydrogen-bond acceptors (Lipinski definition) is 5. The number of H-pyrrole nitrogens is 1. The van der Waals surface area contributed by atoms with Crippen molar-refractivity contribution in [3.05, 3.63) is 59.9 Å². The molecule has 2 heterocycles. The molecule has 0 spiro atoms. The summed E-state index contributed by atoms with van der Waals surface area (Å²) in [4.78, 5) is 16.7. The highest BCUT2D eigenvalue weighted by Crippen LogP contribution is 2.19. The molecule has 0 saturated carbocycles. The summed E-state index contributed by atoms with van der Waals surface area (Å²) in [5.41, 5.74) is 2.41. The van der Waals surface area contributed by atoms with Gasteiger partial charge in [-0.1, -0.05) is 12.1 Å². The Hall–Kier alpha value is -3.29. The lowest BCUT2D eigenvalue weighted by Gasteiger charge is -2.36. The van der Waals surface area contributed by atoms with Gasteiger partial charge in [-0.25, -0.2) is 4.39 Å². The van der Waals surface area contributed by atoms with E-state index in [2.05, 4.69) is 25.5 Å². The third kappa shape index (κ3) is 3.26. The molecule has 0 radical (unpaired) electrons. The van der Waals surface area contributed by atoms with Crippen LogP contribution in [0, 0.1) is 5.82 Å². The SMILES string of the molecule is O=C(c1ccc(-c2nn[nH]n2)cc1)N1CCN(c2ccc(F)cc2)CC1. The van der Waals surface area contributed by atoms with E-state index in [0.29, 0.717) is 24.5 Å². The molecule has 0 bridgehead atoms. The van der Waals surface area contributed by atoms with Crippen molar-refractivity contribution in [2.75, 3.05) is 31.1 Å². The minimum absolute atomic E-state index is 0.00316. The Balaban J connectivity index is 1.39. The Morgan fingerprint density at radius 1 is 0.962 bits per heavy atom. The zero-order valence-electron chi connectivity index (χ0n) is 14.0. The molecule has 1 fully saturated rings. The van der Waals surface area contributed by atoms with Crippen molar-refractivity contribution in [1.29, 1.82) is 0 Å². The monoisotopic (exact) mass is 352 g/mol. The summed E-state index contributed by atoms with van der Waals surface area (Å²) in [6, 6.07) is 13.6. The number of benzene rings is 2. The van der Waals surface area contributed by atoms with Crippen molar-refractivity contribution in [1.82, 2.24) is 25.5 Å². The van der Waals surface area contributed by atoms with Crippen molar-refractivity contribution >= 4 is 11.6 Å². The molecular formula is C18H17FN6O. The molecule has 0 unspecified atom stereocenters. The zero-order chi connectivity index (χ0) is 17.9. The fourth-order valence-corrected chi connectivity index (χ4v) is 3.05. The first kappa shape index (κ1) is 16.2. The first-order chi connectivity index (χ1) is 12.7. The van der Waals surface area contributed by atoms with Gasteiger partial charge in [0.05, 0.1) is 0 Å². The smallest absolute Gasteiger partial charge is 0.253 e. The zero-order valence-corrected chi connectivity index (χ0v) is 14.0. The number of tetrazole rings is 1. The van der Waals surface area contributed by atoms with Gasteiger partial charge < -0.3 is 9.80 Å². The number of aromatic amines is 1. The summed E-state index contributed by atoms with van der Waals surface area (Å²) in [5.74, 6) is 0.257. The van der Waals surface area contributed by atoms with Crippen LogP contribution in [0.4, 0.5) is 10.1 Å². The van der Waals surface area contributed by atoms with Crippen molar-refractivity contribution in [2.24, 2.45) is 0 Å². The minimum Gasteiger partial charge on any atom is -0.368 e. The van der Waals surface area contributed by atoms with Crippen molar-refractivity contribution in [3.8, 4) is 11.4 Å². The van der Waals surface area contributed by atoms with Crippen molar-refractivity contribution < 1.29 is 9.18 Å². The number of carbonyl (C=O) groups excluding carboxylic acids is 1. The van der Waals surface area contributed by atoms with E-state index in [1.165, 1.54) is 12.1 Å². The second kappa shape index (κ2) is 6.91. The van der Waals surface area contributed by atoms with E-state index < -0.39 is 0 Å². The number of anilines is 1. The molecular weight excluding hydrogens is 335 g/mol. The number of amides is 1. The molecule has 4 rings (SSSR count). The summed E-state index contributed by atoms with van der Waals surface area (Å²) in [6.45, 7) is 2.70. The number of halogens is 1. The fraction of sp³-hybridized carbons (Fsp3) is 0.222. The van der Waals surface area contributed by atoms with Crippen LogP contribution in [-0.2, 0) is 0 Å². The van der Waals surface area contributed by atoms with Crippen LogP contribution in [0.15, 0.2) is 48.5 Å². The summed E-state index contributed by atoms with van der Waals surface area (Å²) < 4.78 is 13.0. The van der Waals surface area contributed by atoms with Crippen LogP contribution in [0.1, 0.15) is 10.4 Å². The van der Waals surface area contributed by atoms with E-state index in [-0.39, 0.29) is 11.7 Å². The van der Waals surface area contributed by atoms with Gasteiger partial charge in [0.1, 0.15) is 5.82 Å². The maximum Gasteiger partial charge on any atom is 0.253 e. The van der Waals surface area contributed by atoms with Crippen LogP contribution in [0.5, 0.6) is 0 Å². The molecule has 1 aliphatic heterocycles. The number of piperazine rings is 1. The molecule has 1 amide bonds. The third-order valence-electron chi connectivity index (χ3n) is 4.49. The van der Waals surface area contributed by atoms with Crippen LogP contribution in [0.2, 0.25) is 0 Å². The van der Waals surface area contributed by atoms with Gasteiger partial charge in [0.2, 0.25) is 5.82 Å². The van der Waals surface area contributed by atoms with Crippen molar-refractivity contribution in [3.63, 3.8) is 0 Å². The molecule has 132 valence electrons. The van der Waals surface area contributed by atoms with Crippen LogP contribution < -0.4 is 4.90 Å². The highest BCUT2D eigenvalue weighted by molar-refractivity contribution is 5.94. The van der Waals surface area contributed by atoms with Gasteiger partial charge in [-0.2, -0.15) is 5.21 Å². The van der Waals surface area contributed by atoms with E-state index >= 15 is 0 Å². The van der Waals surface area contributed by atoms with Crippen LogP contribution >= 0.6 is 0 Å². The highest BCUT2D eigenvalue weighted by atomic mass is 19.1. The molecule has 1 aromatic heterocycles. The third-order valence-corrected chi connectivity index (χ3v) is 4.49. The van der Waals surface area contributed by atoms with Gasteiger partial charge in [0.15, 0.2) is 0 Å². The predicted octanol–water partition coefficient (Wildman–Crippen LogP) is 1.97. The molecule has 7 nitrogen and oxygen atoms in total. The second-order valence-electron chi connectivity index (χ2n) is 6.07. The number of carbonyl (C=O) groups is 1. The average molecular weight is 352 g/mol. The Morgan fingerprint density at radius 3 is 2.27 bits per heavy atom. The molecule has 0 aliphatic carbocycles. The maximum absolute atomic E-state index is 13.0. The standard InChI is InChI=1S/C18H17FN6O/c19-15-5-7-16(8-6-15)24-9-11-25(12-10-24)18(26)14-3-1-13(2-4-14)17-20-22-23-21-17/h1-8H,9-12H2,(H,20,21,22,23). The van der Waals surface area contributed by atoms with Crippen LogP contribution in [-0.4, -0.2) is 57.6 Å². The molecule has 1 N–H and O–H groups in total. The van der Waals surface area contributed by atoms with Gasteiger partial charge in [0, 0.05) is 43.0 Å². The van der Waals surface area contributed by atoms with Gasteiger partial charge >= 0.3 is 0 Å². The molecule has 0 atom stereocenters. The van der Waals surface area contributed by atoms with Gasteiger partial charge in [0.25, 0.3) is 5.91 Å². The summed E-state index contributed by atoms with van der Waals surface area (Å²) in [5, 5.41) is 13.8. The Morgan fingerprint density at radius 2 is 1.65 bits per heavy atom. The number of rotatable bonds is 3. The number of hydrogen-bond donors (Lipinski definition) is 1. The lowest BCUT2D eigenvalue weighted by Crippen LogP contribution is -2.48. The van der Waals surface area contributed by atoms with E-state index in [9.17, 15) is 9.18 Å². The Labute approximate surface area is 149 Å². The van der Waals surface area contributed by atoms with E-state index in [0.717, 1.165) is 24.3 Å². The molecule has 2 aromatic carbocycles. The van der Waals surface area contributed by atoms with Gasteiger partial charge in [-0.3, -0.25) is 4.79 Å². The van der Waals surface area contributed by atoms with Gasteiger partial charge in [-0.05, 0) is 41.6 Å². The Kier molecular flexibility index (Phi) is 4.30. The lowest BCUT2D eigenvalue weighted by molar-refractivity contribution is 0.0747. The molecule has 1 saturated heterocycles. The number of aromatic nitrogens is 4. The molecule has 26 heavy (non-hydrogen) atoms. The van der Waals surface area contributed by atoms with E-state index in [1.807, 2.05) is 17.0 Å². The first-order valence-electron chi connectivity index (χ1n) is 8.34. The number of nitrogens with one attached hydrogen (secondary N) is 1. The quantitative estimate of drug-likeness (QED) is 0.780. The summed E-state index contributed by atoms with van der Waals surface area (Å²) in [7, 11) is 0. The summed E-state index contributed by atoms with van der Waals surface area (Å²) in [6.07, 6.45) is 0. The highest BCUT2D eigenvalue weighted by Gasteiger charge is 2.22. The normalized spacial score (nSPS) is 14.5. The van der Waals surface area contributed by atoms with E-state index in [4.69, 9.17) is 0 Å². The van der Waals surface area contributed by atoms with Crippen molar-refractivity contribution in [2.45, 2.75) is 0 Å². The topological polar surface area (TPSA) is 78.0 Å². The van der Waals surface area contributed by atoms with Gasteiger partial charge in [-0.15, -0.1) is 10.2 Å². The first-order valence-corrected chi connectivity index (χ1v) is 8.34. The largest absolute Gasteiger partial charge is 0.368 e. The lowest BCUT2D eigenvalue weighted by atomic mass is 10.1. The summed E-state index contributed by atoms with van der Waals surface area (Å²) >= 11 is 0. The van der Waals surface area contributed by atoms with E-state index in [1.54, 1.807) is 24.3 Å². The second-order valence-corrected chi connectivity index (χ2v) is 6.07. The van der Waals surface area contributed by atoms with Crippen LogP contribution in [0.25, 0.3) is 11.4 Å². The van der Waals surface area contributed by atoms with Crippen LogP contribution in [0.3, 0.4) is 0 Å². The maximum atomic E-state index is 13.0. The Bertz CT molecular complexity index is 871.